The smallest absolute Gasteiger partial charge is 0.290 e. The summed E-state index contributed by atoms with van der Waals surface area (Å²) in [6.45, 7) is 4.76. The summed E-state index contributed by atoms with van der Waals surface area (Å²) in [5.41, 5.74) is 1.11. The van der Waals surface area contributed by atoms with Gasteiger partial charge in [0.05, 0.1) is 24.2 Å². The second-order valence-corrected chi connectivity index (χ2v) is 6.75. The van der Waals surface area contributed by atoms with Gasteiger partial charge in [0.25, 0.3) is 6.47 Å². The zero-order chi connectivity index (χ0) is 22.9. The van der Waals surface area contributed by atoms with Crippen molar-refractivity contribution < 1.29 is 14.7 Å². The van der Waals surface area contributed by atoms with Crippen molar-refractivity contribution in [2.45, 2.75) is 12.5 Å². The van der Waals surface area contributed by atoms with Crippen molar-refractivity contribution in [1.82, 2.24) is 20.2 Å². The average molecular weight is 432 g/mol. The zero-order valence-electron chi connectivity index (χ0n) is 17.0. The van der Waals surface area contributed by atoms with Crippen LogP contribution in [0.15, 0.2) is 49.4 Å². The number of carboxylic acid groups (broad SMARTS) is 1. The Morgan fingerprint density at radius 2 is 2.06 bits per heavy atom. The van der Waals surface area contributed by atoms with E-state index in [0.29, 0.717) is 17.2 Å². The van der Waals surface area contributed by atoms with Gasteiger partial charge in [0, 0.05) is 35.6 Å². The molecule has 2 aromatic heterocycles. The number of aromatic nitrogens is 4. The lowest BCUT2D eigenvalue weighted by atomic mass is 10.1. The van der Waals surface area contributed by atoms with Gasteiger partial charge in [-0.25, -0.2) is 9.97 Å². The van der Waals surface area contributed by atoms with Crippen LogP contribution in [-0.2, 0) is 9.59 Å². The fraction of sp³-hybridized carbons (Fsp3) is 0.190. The zero-order valence-corrected chi connectivity index (χ0v) is 17.0. The molecule has 162 valence electrons. The first-order valence-electron chi connectivity index (χ1n) is 9.58. The van der Waals surface area contributed by atoms with E-state index in [2.05, 4.69) is 42.3 Å². The van der Waals surface area contributed by atoms with E-state index >= 15 is 0 Å². The SMILES string of the molecule is C=CC(=O)Nc1ccc2c(N3CC[C@@H](Nc4ncc(C#N)cn4)C3)nncc2c1.O=CO. The number of hydrogen-bond donors (Lipinski definition) is 3. The predicted molar refractivity (Wildman–Crippen MR) is 118 cm³/mol. The van der Waals surface area contributed by atoms with E-state index in [4.69, 9.17) is 15.2 Å². The number of nitrogens with one attached hydrogen (secondary N) is 2. The van der Waals surface area contributed by atoms with Crippen LogP contribution in [0.25, 0.3) is 10.8 Å². The minimum atomic E-state index is -0.259. The van der Waals surface area contributed by atoms with Crippen LogP contribution in [0, 0.1) is 11.3 Å². The number of rotatable bonds is 5. The van der Waals surface area contributed by atoms with Crippen molar-refractivity contribution in [3.05, 3.63) is 55.0 Å². The molecule has 11 heteroatoms. The summed E-state index contributed by atoms with van der Waals surface area (Å²) in [6.07, 6.45) is 6.81. The molecule has 1 saturated heterocycles. The molecule has 1 aromatic carbocycles. The highest BCUT2D eigenvalue weighted by molar-refractivity contribution is 6.01. The van der Waals surface area contributed by atoms with Crippen molar-refractivity contribution in [3.8, 4) is 6.07 Å². The van der Waals surface area contributed by atoms with Crippen molar-refractivity contribution in [2.24, 2.45) is 0 Å². The molecule has 32 heavy (non-hydrogen) atoms. The second kappa shape index (κ2) is 10.4. The largest absolute Gasteiger partial charge is 0.483 e. The van der Waals surface area contributed by atoms with Crippen LogP contribution in [0.3, 0.4) is 0 Å². The number of anilines is 3. The topological polar surface area (TPSA) is 157 Å². The molecule has 3 heterocycles. The van der Waals surface area contributed by atoms with Crippen LogP contribution >= 0.6 is 0 Å². The van der Waals surface area contributed by atoms with E-state index in [0.717, 1.165) is 36.1 Å². The molecule has 1 aliphatic heterocycles. The minimum Gasteiger partial charge on any atom is -0.483 e. The molecule has 4 rings (SSSR count). The van der Waals surface area contributed by atoms with Crippen molar-refractivity contribution in [2.75, 3.05) is 28.6 Å². The molecule has 3 N–H and O–H groups in total. The number of nitriles is 1. The maximum absolute atomic E-state index is 11.5. The maximum atomic E-state index is 11.5. The first-order valence-corrected chi connectivity index (χ1v) is 9.58. The van der Waals surface area contributed by atoms with Crippen LogP contribution in [0.5, 0.6) is 0 Å². The minimum absolute atomic E-state index is 0.158. The summed E-state index contributed by atoms with van der Waals surface area (Å²) >= 11 is 0. The number of carbonyl (C=O) groups is 2. The Balaban J connectivity index is 0.000000913. The molecule has 1 aliphatic rings. The fourth-order valence-electron chi connectivity index (χ4n) is 3.29. The van der Waals surface area contributed by atoms with Gasteiger partial charge in [0.1, 0.15) is 6.07 Å². The van der Waals surface area contributed by atoms with Crippen LogP contribution in [0.2, 0.25) is 0 Å². The van der Waals surface area contributed by atoms with Crippen LogP contribution in [-0.4, -0.2) is 56.8 Å². The molecule has 1 amide bonds. The summed E-state index contributed by atoms with van der Waals surface area (Å²) in [7, 11) is 0. The van der Waals surface area contributed by atoms with Crippen molar-refractivity contribution >= 4 is 40.6 Å². The van der Waals surface area contributed by atoms with Gasteiger partial charge in [-0.1, -0.05) is 6.58 Å². The number of fused-ring (bicyclic) bond motifs is 1. The molecule has 11 nitrogen and oxygen atoms in total. The predicted octanol–water partition coefficient (Wildman–Crippen LogP) is 1.81. The normalized spacial score (nSPS) is 14.6. The van der Waals surface area contributed by atoms with Gasteiger partial charge in [-0.15, -0.1) is 5.10 Å². The summed E-state index contributed by atoms with van der Waals surface area (Å²) in [5.74, 6) is 1.04. The Morgan fingerprint density at radius 1 is 1.31 bits per heavy atom. The third-order valence-electron chi connectivity index (χ3n) is 4.70. The first-order chi connectivity index (χ1) is 15.6. The summed E-state index contributed by atoms with van der Waals surface area (Å²) in [5, 5.41) is 32.1. The highest BCUT2D eigenvalue weighted by atomic mass is 16.3. The summed E-state index contributed by atoms with van der Waals surface area (Å²) in [4.78, 5) is 30.4. The molecule has 0 bridgehead atoms. The van der Waals surface area contributed by atoms with Crippen LogP contribution in [0.1, 0.15) is 12.0 Å². The van der Waals surface area contributed by atoms with Crippen molar-refractivity contribution in [1.29, 1.82) is 5.26 Å². The Bertz CT molecular complexity index is 1160. The van der Waals surface area contributed by atoms with Crippen molar-refractivity contribution in [3.63, 3.8) is 0 Å². The highest BCUT2D eigenvalue weighted by Gasteiger charge is 2.25. The number of amides is 1. The van der Waals surface area contributed by atoms with E-state index in [1.165, 1.54) is 18.5 Å². The maximum Gasteiger partial charge on any atom is 0.290 e. The average Bonchev–Trinajstić information content (AvgIpc) is 3.27. The fourth-order valence-corrected chi connectivity index (χ4v) is 3.29. The lowest BCUT2D eigenvalue weighted by Gasteiger charge is -2.19. The van der Waals surface area contributed by atoms with Gasteiger partial charge in [-0.3, -0.25) is 9.59 Å². The monoisotopic (exact) mass is 432 g/mol. The molecule has 0 spiro atoms. The number of benzene rings is 1. The number of hydrogen-bond acceptors (Lipinski definition) is 9. The second-order valence-electron chi connectivity index (χ2n) is 6.75. The molecular weight excluding hydrogens is 412 g/mol. The van der Waals surface area contributed by atoms with E-state index in [1.807, 2.05) is 24.3 Å². The first kappa shape index (κ1) is 22.1. The van der Waals surface area contributed by atoms with Gasteiger partial charge in [-0.05, 0) is 30.7 Å². The van der Waals surface area contributed by atoms with Gasteiger partial charge in [0.2, 0.25) is 11.9 Å². The Morgan fingerprint density at radius 3 is 2.75 bits per heavy atom. The van der Waals surface area contributed by atoms with Gasteiger partial charge >= 0.3 is 0 Å². The standard InChI is InChI=1S/C20H18N8O.CH2O2/c1-2-18(29)25-15-3-4-17-14(7-15)11-24-27-19(17)28-6-5-16(12-28)26-20-22-9-13(8-21)10-23-20;2-1-3/h2-4,7,9-11,16H,1,5-6,12H2,(H,25,29)(H,22,23,26);1H,(H,2,3)/t16-;/m1./s1. The Kier molecular flexibility index (Phi) is 7.21. The quantitative estimate of drug-likeness (QED) is 0.401. The third kappa shape index (κ3) is 5.31. The van der Waals surface area contributed by atoms with Gasteiger partial charge < -0.3 is 20.6 Å². The molecule has 3 aromatic rings. The molecule has 0 radical (unpaired) electrons. The van der Waals surface area contributed by atoms with Crippen LogP contribution < -0.4 is 15.5 Å². The van der Waals surface area contributed by atoms with E-state index in [1.54, 1.807) is 6.20 Å². The highest BCUT2D eigenvalue weighted by Crippen LogP contribution is 2.29. The molecular formula is C21H20N8O3. The summed E-state index contributed by atoms with van der Waals surface area (Å²) < 4.78 is 0. The van der Waals surface area contributed by atoms with Gasteiger partial charge in [0.15, 0.2) is 5.82 Å². The Labute approximate surface area is 183 Å². The lowest BCUT2D eigenvalue weighted by molar-refractivity contribution is -0.122. The van der Waals surface area contributed by atoms with E-state index in [9.17, 15) is 4.79 Å². The lowest BCUT2D eigenvalue weighted by Crippen LogP contribution is -2.27. The molecule has 1 atom stereocenters. The number of carbonyl (C=O) groups excluding carboxylic acids is 1. The van der Waals surface area contributed by atoms with Gasteiger partial charge in [-0.2, -0.15) is 10.4 Å². The van der Waals surface area contributed by atoms with Crippen LogP contribution in [0.4, 0.5) is 17.5 Å². The van der Waals surface area contributed by atoms with E-state index < -0.39 is 0 Å². The Hall–Kier alpha value is -4.59. The summed E-state index contributed by atoms with van der Waals surface area (Å²) in [6, 6.07) is 7.80. The number of nitrogens with zero attached hydrogens (tertiary/aromatic N) is 6. The molecule has 1 fully saturated rings. The molecule has 0 aliphatic carbocycles. The van der Waals surface area contributed by atoms with E-state index in [-0.39, 0.29) is 18.4 Å². The third-order valence-corrected chi connectivity index (χ3v) is 4.70. The molecule has 0 saturated carbocycles. The molecule has 0 unspecified atom stereocenters.